The van der Waals surface area contributed by atoms with Gasteiger partial charge in [0.25, 0.3) is 0 Å². The first-order valence-corrected chi connectivity index (χ1v) is 6.65. The lowest BCUT2D eigenvalue weighted by molar-refractivity contribution is 0.236. The van der Waals surface area contributed by atoms with Crippen molar-refractivity contribution in [3.05, 3.63) is 11.7 Å². The van der Waals surface area contributed by atoms with Gasteiger partial charge >= 0.3 is 0 Å². The molecule has 0 unspecified atom stereocenters. The zero-order valence-corrected chi connectivity index (χ0v) is 9.95. The van der Waals surface area contributed by atoms with Gasteiger partial charge in [-0.2, -0.15) is 16.7 Å². The van der Waals surface area contributed by atoms with Crippen LogP contribution in [-0.4, -0.2) is 27.1 Å². The second-order valence-electron chi connectivity index (χ2n) is 4.06. The SMILES string of the molecule is N[C@@H](CO)c1nc(CSC2CCCC2)no1. The Morgan fingerprint density at radius 1 is 1.50 bits per heavy atom. The standard InChI is InChI=1S/C10H17N3O2S/c11-8(5-14)10-12-9(13-15-10)6-16-7-3-1-2-4-7/h7-8,14H,1-6,11H2/t8-/m0/s1. The van der Waals surface area contributed by atoms with Crippen molar-refractivity contribution >= 4 is 11.8 Å². The monoisotopic (exact) mass is 243 g/mol. The molecule has 0 radical (unpaired) electrons. The second kappa shape index (κ2) is 5.65. The highest BCUT2D eigenvalue weighted by atomic mass is 32.2. The molecule has 0 amide bonds. The van der Waals surface area contributed by atoms with Gasteiger partial charge in [0.15, 0.2) is 5.82 Å². The second-order valence-corrected chi connectivity index (χ2v) is 5.34. The van der Waals surface area contributed by atoms with Gasteiger partial charge in [-0.25, -0.2) is 0 Å². The summed E-state index contributed by atoms with van der Waals surface area (Å²) < 4.78 is 4.97. The van der Waals surface area contributed by atoms with E-state index in [0.29, 0.717) is 11.7 Å². The first-order valence-electron chi connectivity index (χ1n) is 5.60. The Labute approximate surface area is 98.8 Å². The molecule has 3 N–H and O–H groups in total. The summed E-state index contributed by atoms with van der Waals surface area (Å²) in [5, 5.41) is 13.4. The van der Waals surface area contributed by atoms with Crippen LogP contribution in [-0.2, 0) is 5.75 Å². The van der Waals surface area contributed by atoms with Crippen molar-refractivity contribution in [1.29, 1.82) is 0 Å². The summed E-state index contributed by atoms with van der Waals surface area (Å²) in [6.45, 7) is -0.169. The number of hydrogen-bond donors (Lipinski definition) is 2. The molecule has 1 aliphatic carbocycles. The van der Waals surface area contributed by atoms with Crippen LogP contribution in [0.3, 0.4) is 0 Å². The summed E-state index contributed by atoms with van der Waals surface area (Å²) in [5.41, 5.74) is 5.57. The molecule has 0 saturated heterocycles. The fraction of sp³-hybridized carbons (Fsp3) is 0.800. The molecule has 1 aromatic heterocycles. The van der Waals surface area contributed by atoms with Gasteiger partial charge < -0.3 is 15.4 Å². The third kappa shape index (κ3) is 2.96. The van der Waals surface area contributed by atoms with E-state index in [9.17, 15) is 0 Å². The maximum atomic E-state index is 8.84. The highest BCUT2D eigenvalue weighted by molar-refractivity contribution is 7.99. The minimum absolute atomic E-state index is 0.169. The van der Waals surface area contributed by atoms with Crippen molar-refractivity contribution < 1.29 is 9.63 Å². The number of aromatic nitrogens is 2. The van der Waals surface area contributed by atoms with Crippen molar-refractivity contribution in [2.45, 2.75) is 42.7 Å². The Bertz CT molecular complexity index is 326. The molecule has 0 spiro atoms. The minimum atomic E-state index is -0.558. The Balaban J connectivity index is 1.82. The van der Waals surface area contributed by atoms with Crippen molar-refractivity contribution in [3.8, 4) is 0 Å². The van der Waals surface area contributed by atoms with Crippen LogP contribution in [0.15, 0.2) is 4.52 Å². The highest BCUT2D eigenvalue weighted by Gasteiger charge is 2.18. The lowest BCUT2D eigenvalue weighted by atomic mass is 10.3. The summed E-state index contributed by atoms with van der Waals surface area (Å²) in [4.78, 5) is 4.16. The number of rotatable bonds is 5. The van der Waals surface area contributed by atoms with Gasteiger partial charge in [0.1, 0.15) is 6.04 Å². The molecule has 16 heavy (non-hydrogen) atoms. The summed E-state index contributed by atoms with van der Waals surface area (Å²) in [6.07, 6.45) is 5.27. The van der Waals surface area contributed by atoms with Gasteiger partial charge in [0.05, 0.1) is 12.4 Å². The molecule has 0 bridgehead atoms. The average molecular weight is 243 g/mol. The van der Waals surface area contributed by atoms with Crippen LogP contribution in [0.1, 0.15) is 43.4 Å². The van der Waals surface area contributed by atoms with Crippen LogP contribution in [0.2, 0.25) is 0 Å². The Kier molecular flexibility index (Phi) is 4.20. The number of nitrogens with zero attached hydrogens (tertiary/aromatic N) is 2. The van der Waals surface area contributed by atoms with E-state index < -0.39 is 6.04 Å². The topological polar surface area (TPSA) is 85.2 Å². The van der Waals surface area contributed by atoms with E-state index in [4.69, 9.17) is 15.4 Å². The zero-order valence-electron chi connectivity index (χ0n) is 9.13. The van der Waals surface area contributed by atoms with E-state index in [2.05, 4.69) is 10.1 Å². The molecule has 0 aromatic carbocycles. The van der Waals surface area contributed by atoms with E-state index in [1.54, 1.807) is 0 Å². The predicted octanol–water partition coefficient (Wildman–Crippen LogP) is 1.24. The Morgan fingerprint density at radius 3 is 2.94 bits per heavy atom. The zero-order chi connectivity index (χ0) is 11.4. The van der Waals surface area contributed by atoms with Crippen LogP contribution < -0.4 is 5.73 Å². The molecule has 5 nitrogen and oxygen atoms in total. The van der Waals surface area contributed by atoms with Crippen molar-refractivity contribution in [2.75, 3.05) is 6.61 Å². The first-order chi connectivity index (χ1) is 7.79. The molecule has 1 saturated carbocycles. The van der Waals surface area contributed by atoms with Gasteiger partial charge in [0.2, 0.25) is 5.89 Å². The molecule has 1 aliphatic rings. The van der Waals surface area contributed by atoms with Crippen LogP contribution >= 0.6 is 11.8 Å². The van der Waals surface area contributed by atoms with E-state index in [-0.39, 0.29) is 6.61 Å². The van der Waals surface area contributed by atoms with Gasteiger partial charge in [0, 0.05) is 5.25 Å². The lowest BCUT2D eigenvalue weighted by Gasteiger charge is -2.05. The molecular weight excluding hydrogens is 226 g/mol. The molecule has 90 valence electrons. The number of aliphatic hydroxyl groups excluding tert-OH is 1. The number of nitrogens with two attached hydrogens (primary N) is 1. The average Bonchev–Trinajstić information content (AvgIpc) is 2.96. The van der Waals surface area contributed by atoms with Crippen molar-refractivity contribution in [1.82, 2.24) is 10.1 Å². The number of aliphatic hydroxyl groups is 1. The van der Waals surface area contributed by atoms with Crippen LogP contribution in [0, 0.1) is 0 Å². The van der Waals surface area contributed by atoms with E-state index in [1.165, 1.54) is 25.7 Å². The molecule has 1 aromatic rings. The van der Waals surface area contributed by atoms with E-state index in [1.807, 2.05) is 11.8 Å². The van der Waals surface area contributed by atoms with E-state index in [0.717, 1.165) is 11.0 Å². The molecule has 1 heterocycles. The van der Waals surface area contributed by atoms with Crippen LogP contribution in [0.25, 0.3) is 0 Å². The number of hydrogen-bond acceptors (Lipinski definition) is 6. The molecule has 0 aliphatic heterocycles. The summed E-state index contributed by atoms with van der Waals surface area (Å²) in [6, 6.07) is -0.558. The van der Waals surface area contributed by atoms with Crippen molar-refractivity contribution in [3.63, 3.8) is 0 Å². The fourth-order valence-electron chi connectivity index (χ4n) is 1.80. The third-order valence-electron chi connectivity index (χ3n) is 2.75. The normalized spacial score (nSPS) is 19.1. The first kappa shape index (κ1) is 11.9. The predicted molar refractivity (Wildman–Crippen MR) is 61.9 cm³/mol. The summed E-state index contributed by atoms with van der Waals surface area (Å²) in [5.74, 6) is 1.77. The van der Waals surface area contributed by atoms with Gasteiger partial charge in [-0.15, -0.1) is 0 Å². The quantitative estimate of drug-likeness (QED) is 0.809. The largest absolute Gasteiger partial charge is 0.394 e. The Hall–Kier alpha value is -0.590. The van der Waals surface area contributed by atoms with Gasteiger partial charge in [-0.1, -0.05) is 18.0 Å². The number of thioether (sulfide) groups is 1. The smallest absolute Gasteiger partial charge is 0.245 e. The molecular formula is C10H17N3O2S. The fourth-order valence-corrected chi connectivity index (χ4v) is 2.97. The van der Waals surface area contributed by atoms with Gasteiger partial charge in [-0.05, 0) is 12.8 Å². The van der Waals surface area contributed by atoms with Gasteiger partial charge in [-0.3, -0.25) is 0 Å². The Morgan fingerprint density at radius 2 is 2.25 bits per heavy atom. The molecule has 1 fully saturated rings. The van der Waals surface area contributed by atoms with Crippen molar-refractivity contribution in [2.24, 2.45) is 5.73 Å². The minimum Gasteiger partial charge on any atom is -0.394 e. The molecule has 2 rings (SSSR count). The highest BCUT2D eigenvalue weighted by Crippen LogP contribution is 2.31. The van der Waals surface area contributed by atoms with Crippen LogP contribution in [0.5, 0.6) is 0 Å². The molecule has 6 heteroatoms. The maximum absolute atomic E-state index is 8.84. The van der Waals surface area contributed by atoms with Crippen LogP contribution in [0.4, 0.5) is 0 Å². The maximum Gasteiger partial charge on any atom is 0.245 e. The third-order valence-corrected chi connectivity index (χ3v) is 4.12. The van der Waals surface area contributed by atoms with E-state index >= 15 is 0 Å². The summed E-state index contributed by atoms with van der Waals surface area (Å²) >= 11 is 1.88. The summed E-state index contributed by atoms with van der Waals surface area (Å²) in [7, 11) is 0. The molecule has 1 atom stereocenters. The lowest BCUT2D eigenvalue weighted by Crippen LogP contribution is -2.14.